The van der Waals surface area contributed by atoms with Gasteiger partial charge in [-0.3, -0.25) is 4.79 Å². The minimum atomic E-state index is 0.127. The van der Waals surface area contributed by atoms with Gasteiger partial charge in [0.2, 0.25) is 5.91 Å². The van der Waals surface area contributed by atoms with Crippen LogP contribution in [0.1, 0.15) is 43.4 Å². The summed E-state index contributed by atoms with van der Waals surface area (Å²) in [6.07, 6.45) is 1.58. The number of amides is 1. The van der Waals surface area contributed by atoms with Gasteiger partial charge >= 0.3 is 0 Å². The number of carbonyl (C=O) groups excluding carboxylic acids is 3. The highest BCUT2D eigenvalue weighted by atomic mass is 31.1. The predicted molar refractivity (Wildman–Crippen MR) is 137 cm³/mol. The Kier molecular flexibility index (Phi) is 18.7. The minimum Gasteiger partial charge on any atom is -0.359 e. The Hall–Kier alpha value is -2.84. The van der Waals surface area contributed by atoms with Gasteiger partial charge in [0.1, 0.15) is 13.6 Å². The van der Waals surface area contributed by atoms with Crippen LogP contribution >= 0.6 is 8.58 Å². The van der Waals surface area contributed by atoms with Gasteiger partial charge in [-0.25, -0.2) is 0 Å². The lowest BCUT2D eigenvalue weighted by atomic mass is 9.93. The molecule has 1 amide bonds. The van der Waals surface area contributed by atoms with Crippen LogP contribution in [-0.4, -0.2) is 33.2 Å². The molecule has 0 aliphatic rings. The quantitative estimate of drug-likeness (QED) is 0.448. The van der Waals surface area contributed by atoms with E-state index in [9.17, 15) is 4.79 Å². The van der Waals surface area contributed by atoms with E-state index in [0.29, 0.717) is 6.42 Å². The first-order chi connectivity index (χ1) is 14.9. The zero-order chi connectivity index (χ0) is 24.2. The number of hydrogen-bond acceptors (Lipinski definition) is 3. The molecule has 31 heavy (non-hydrogen) atoms. The molecule has 1 N–H and O–H groups in total. The number of rotatable bonds is 6. The summed E-state index contributed by atoms with van der Waals surface area (Å²) in [7, 11) is 2.44. The van der Waals surface area contributed by atoms with E-state index >= 15 is 0 Å². The second-order valence-corrected chi connectivity index (χ2v) is 7.63. The van der Waals surface area contributed by atoms with Crippen LogP contribution < -0.4 is 5.32 Å². The lowest BCUT2D eigenvalue weighted by molar-refractivity contribution is -0.120. The van der Waals surface area contributed by atoms with Crippen LogP contribution in [-0.2, 0) is 14.4 Å². The lowest BCUT2D eigenvalue weighted by Crippen LogP contribution is -2.16. The minimum absolute atomic E-state index is 0.127. The van der Waals surface area contributed by atoms with Crippen molar-refractivity contribution >= 4 is 39.2 Å². The molecule has 4 nitrogen and oxygen atoms in total. The first kappa shape index (κ1) is 30.4. The number of allylic oxidation sites excluding steroid dienone is 3. The molecule has 1 unspecified atom stereocenters. The van der Waals surface area contributed by atoms with E-state index in [1.165, 1.54) is 27.6 Å². The van der Waals surface area contributed by atoms with Crippen LogP contribution in [0, 0.1) is 6.92 Å². The Balaban J connectivity index is 0. The van der Waals surface area contributed by atoms with Gasteiger partial charge in [-0.1, -0.05) is 82.2 Å². The number of benzene rings is 2. The van der Waals surface area contributed by atoms with Crippen molar-refractivity contribution in [2.75, 3.05) is 13.7 Å². The van der Waals surface area contributed by atoms with E-state index in [4.69, 9.17) is 9.59 Å². The number of aryl methyl sites for hydroxylation is 1. The molecule has 2 rings (SSSR count). The summed E-state index contributed by atoms with van der Waals surface area (Å²) in [6.45, 7) is 16.9. The lowest BCUT2D eigenvalue weighted by Gasteiger charge is -2.15. The first-order valence-electron chi connectivity index (χ1n) is 9.93. The third-order valence-electron chi connectivity index (χ3n) is 4.27. The van der Waals surface area contributed by atoms with Gasteiger partial charge in [0.15, 0.2) is 0 Å². The summed E-state index contributed by atoms with van der Waals surface area (Å²) in [5.41, 5.74) is 6.14. The van der Waals surface area contributed by atoms with Gasteiger partial charge in [-0.05, 0) is 54.5 Å². The van der Waals surface area contributed by atoms with Gasteiger partial charge in [-0.2, -0.15) is 0 Å². The molecule has 1 atom stereocenters. The van der Waals surface area contributed by atoms with E-state index in [1.54, 1.807) is 7.05 Å². The topological polar surface area (TPSA) is 63.2 Å². The molecule has 0 saturated heterocycles. The molecule has 0 spiro atoms. The van der Waals surface area contributed by atoms with Crippen LogP contribution in [0.2, 0.25) is 0 Å². The molecule has 0 heterocycles. The first-order valence-corrected chi connectivity index (χ1v) is 11.4. The van der Waals surface area contributed by atoms with Gasteiger partial charge in [0, 0.05) is 13.5 Å². The van der Waals surface area contributed by atoms with Crippen LogP contribution in [0.4, 0.5) is 0 Å². The van der Waals surface area contributed by atoms with Crippen molar-refractivity contribution in [3.8, 4) is 0 Å². The smallest absolute Gasteiger partial charge is 0.219 e. The largest absolute Gasteiger partial charge is 0.359 e. The van der Waals surface area contributed by atoms with Crippen molar-refractivity contribution in [1.29, 1.82) is 0 Å². The second kappa shape index (κ2) is 19.1. The van der Waals surface area contributed by atoms with Gasteiger partial charge < -0.3 is 14.9 Å². The van der Waals surface area contributed by atoms with E-state index in [2.05, 4.69) is 80.9 Å². The SMILES string of the molecule is C=C(/C(=C(/C)PC)c1ccc(C)cc1)c1ccccc1.C=O.C=O.CCCC(=O)NC. The summed E-state index contributed by atoms with van der Waals surface area (Å²) < 4.78 is 0. The fourth-order valence-electron chi connectivity index (χ4n) is 2.60. The van der Waals surface area contributed by atoms with Crippen LogP contribution in [0.5, 0.6) is 0 Å². The predicted octanol–water partition coefficient (Wildman–Crippen LogP) is 5.91. The van der Waals surface area contributed by atoms with Crippen molar-refractivity contribution < 1.29 is 14.4 Å². The van der Waals surface area contributed by atoms with Crippen LogP contribution in [0.3, 0.4) is 0 Å². The summed E-state index contributed by atoms with van der Waals surface area (Å²) in [5, 5.41) is 3.93. The fraction of sp³-hybridized carbons (Fsp3) is 0.269. The molecule has 0 aliphatic carbocycles. The van der Waals surface area contributed by atoms with E-state index < -0.39 is 0 Å². The summed E-state index contributed by atoms with van der Waals surface area (Å²) >= 11 is 0. The third kappa shape index (κ3) is 11.8. The number of hydrogen-bond donors (Lipinski definition) is 1. The Morgan fingerprint density at radius 1 is 0.935 bits per heavy atom. The van der Waals surface area contributed by atoms with Gasteiger partial charge in [0.05, 0.1) is 0 Å². The Morgan fingerprint density at radius 3 is 1.84 bits per heavy atom. The maximum Gasteiger partial charge on any atom is 0.219 e. The third-order valence-corrected chi connectivity index (χ3v) is 5.27. The normalized spacial score (nSPS) is 10.2. The van der Waals surface area contributed by atoms with Crippen LogP contribution in [0.25, 0.3) is 11.1 Å². The van der Waals surface area contributed by atoms with Crippen molar-refractivity contribution in [2.24, 2.45) is 0 Å². The molecular weight excluding hydrogens is 405 g/mol. The highest BCUT2D eigenvalue weighted by Crippen LogP contribution is 2.37. The molecule has 0 aliphatic heterocycles. The molecule has 0 radical (unpaired) electrons. The molecule has 0 saturated carbocycles. The van der Waals surface area contributed by atoms with E-state index in [1.807, 2.05) is 26.6 Å². The summed E-state index contributed by atoms with van der Waals surface area (Å²) in [5.74, 6) is 0.127. The van der Waals surface area contributed by atoms with Crippen molar-refractivity contribution in [3.05, 3.63) is 83.2 Å². The average molecular weight is 442 g/mol. The average Bonchev–Trinajstić information content (AvgIpc) is 2.83. The summed E-state index contributed by atoms with van der Waals surface area (Å²) in [6, 6.07) is 19.2. The Bertz CT molecular complexity index is 797. The second-order valence-electron chi connectivity index (χ2n) is 6.38. The molecule has 5 heteroatoms. The van der Waals surface area contributed by atoms with Crippen molar-refractivity contribution in [2.45, 2.75) is 33.6 Å². The molecule has 2 aromatic carbocycles. The summed E-state index contributed by atoms with van der Waals surface area (Å²) in [4.78, 5) is 26.3. The highest BCUT2D eigenvalue weighted by Gasteiger charge is 2.11. The number of nitrogens with one attached hydrogen (secondary N) is 1. The van der Waals surface area contributed by atoms with Crippen molar-refractivity contribution in [1.82, 2.24) is 5.32 Å². The Morgan fingerprint density at radius 2 is 1.45 bits per heavy atom. The van der Waals surface area contributed by atoms with Crippen molar-refractivity contribution in [3.63, 3.8) is 0 Å². The van der Waals surface area contributed by atoms with E-state index in [-0.39, 0.29) is 5.91 Å². The zero-order valence-corrected chi connectivity index (χ0v) is 20.5. The molecule has 168 valence electrons. The molecule has 0 aromatic heterocycles. The standard InChI is InChI=1S/C19H21P.C5H11NO.2CH2O/c1-14-10-12-18(13-11-14)19(16(3)20-4)15(2)17-8-6-5-7-9-17;1-3-4-5(7)6-2;2*1-2/h5-13,20H,2H2,1,3-4H3;3-4H2,1-2H3,(H,6,7);2*1H2/b19-16+;;;. The molecular formula is C26H36NO3P. The van der Waals surface area contributed by atoms with E-state index in [0.717, 1.165) is 20.6 Å². The molecule has 0 bridgehead atoms. The maximum atomic E-state index is 10.3. The number of carbonyl (C=O) groups is 3. The molecule has 0 fully saturated rings. The fourth-order valence-corrected chi connectivity index (χ4v) is 3.14. The zero-order valence-electron chi connectivity index (χ0n) is 19.5. The maximum absolute atomic E-state index is 10.3. The molecule has 2 aromatic rings. The highest BCUT2D eigenvalue weighted by molar-refractivity contribution is 7.42. The monoisotopic (exact) mass is 441 g/mol. The van der Waals surface area contributed by atoms with Crippen LogP contribution in [0.15, 0.2) is 66.5 Å². The van der Waals surface area contributed by atoms with Gasteiger partial charge in [0.25, 0.3) is 0 Å². The Labute approximate surface area is 189 Å². The van der Waals surface area contributed by atoms with Gasteiger partial charge in [-0.15, -0.1) is 0 Å².